The van der Waals surface area contributed by atoms with Crippen molar-refractivity contribution in [2.75, 3.05) is 47.1 Å². The Balaban J connectivity index is 1.53. The summed E-state index contributed by atoms with van der Waals surface area (Å²) in [4.78, 5) is 30.0. The molecule has 0 spiro atoms. The maximum atomic E-state index is 13.7. The standard InChI is InChI=1S/C27H30ClN3O5/c1-34-17-16-30(26(33)19-36-21-11-9-20(28)10-12-21)18-25(32)31-15-14-29-13-5-7-23(29)27(31)22-6-3-4-8-24(22)35-2/h3-13,27H,14-19H2,1-2H3. The lowest BCUT2D eigenvalue weighted by atomic mass is 9.98. The summed E-state index contributed by atoms with van der Waals surface area (Å²) in [7, 11) is 3.18. The molecule has 9 heteroatoms. The van der Waals surface area contributed by atoms with E-state index < -0.39 is 0 Å². The van der Waals surface area contributed by atoms with Gasteiger partial charge in [0.2, 0.25) is 5.91 Å². The van der Waals surface area contributed by atoms with Gasteiger partial charge in [-0.1, -0.05) is 29.8 Å². The number of halogens is 1. The molecule has 0 radical (unpaired) electrons. The molecule has 1 atom stereocenters. The first kappa shape index (κ1) is 25.6. The van der Waals surface area contributed by atoms with E-state index in [0.717, 1.165) is 11.3 Å². The van der Waals surface area contributed by atoms with Gasteiger partial charge in [-0.25, -0.2) is 0 Å². The molecule has 190 valence electrons. The Labute approximate surface area is 215 Å². The molecule has 3 aromatic rings. The van der Waals surface area contributed by atoms with E-state index in [9.17, 15) is 9.59 Å². The van der Waals surface area contributed by atoms with E-state index in [4.69, 9.17) is 25.8 Å². The van der Waals surface area contributed by atoms with Crippen molar-refractivity contribution in [1.29, 1.82) is 0 Å². The van der Waals surface area contributed by atoms with Gasteiger partial charge in [0, 0.05) is 49.2 Å². The second-order valence-electron chi connectivity index (χ2n) is 8.41. The summed E-state index contributed by atoms with van der Waals surface area (Å²) >= 11 is 5.92. The van der Waals surface area contributed by atoms with E-state index >= 15 is 0 Å². The Bertz CT molecular complexity index is 1180. The first-order chi connectivity index (χ1) is 17.5. The summed E-state index contributed by atoms with van der Waals surface area (Å²) < 4.78 is 18.6. The number of benzene rings is 2. The number of para-hydroxylation sites is 1. The zero-order valence-electron chi connectivity index (χ0n) is 20.4. The molecule has 1 aliphatic rings. The molecule has 1 unspecified atom stereocenters. The molecule has 8 nitrogen and oxygen atoms in total. The molecule has 1 aliphatic heterocycles. The van der Waals surface area contributed by atoms with Crippen LogP contribution in [0.15, 0.2) is 66.9 Å². The number of hydrogen-bond donors (Lipinski definition) is 0. The quantitative estimate of drug-likeness (QED) is 0.415. The van der Waals surface area contributed by atoms with Crippen molar-refractivity contribution < 1.29 is 23.8 Å². The molecule has 0 saturated heterocycles. The fourth-order valence-corrected chi connectivity index (χ4v) is 4.51. The van der Waals surface area contributed by atoms with Crippen molar-refractivity contribution >= 4 is 23.4 Å². The third-order valence-electron chi connectivity index (χ3n) is 6.21. The van der Waals surface area contributed by atoms with Gasteiger partial charge >= 0.3 is 0 Å². The smallest absolute Gasteiger partial charge is 0.261 e. The summed E-state index contributed by atoms with van der Waals surface area (Å²) in [6.45, 7) is 1.48. The summed E-state index contributed by atoms with van der Waals surface area (Å²) in [5.41, 5.74) is 1.90. The Morgan fingerprint density at radius 2 is 1.81 bits per heavy atom. The molecule has 2 heterocycles. The summed E-state index contributed by atoms with van der Waals surface area (Å²) in [6, 6.07) is 18.1. The molecule has 2 amide bonds. The SMILES string of the molecule is COCCN(CC(=O)N1CCn2cccc2C1c1ccccc1OC)C(=O)COc1ccc(Cl)cc1. The van der Waals surface area contributed by atoms with Gasteiger partial charge in [0.15, 0.2) is 6.61 Å². The molecule has 0 aliphatic carbocycles. The van der Waals surface area contributed by atoms with Crippen LogP contribution >= 0.6 is 11.6 Å². The number of carbonyl (C=O) groups is 2. The van der Waals surface area contributed by atoms with E-state index in [-0.39, 0.29) is 37.6 Å². The number of nitrogens with zero attached hydrogens (tertiary/aromatic N) is 3. The molecule has 0 N–H and O–H groups in total. The van der Waals surface area contributed by atoms with Crippen LogP contribution in [-0.2, 0) is 20.9 Å². The maximum Gasteiger partial charge on any atom is 0.261 e. The fourth-order valence-electron chi connectivity index (χ4n) is 4.39. The number of rotatable bonds is 10. The number of hydrogen-bond acceptors (Lipinski definition) is 5. The van der Waals surface area contributed by atoms with Crippen molar-refractivity contribution in [3.63, 3.8) is 0 Å². The van der Waals surface area contributed by atoms with Gasteiger partial charge in [-0.3, -0.25) is 9.59 Å². The van der Waals surface area contributed by atoms with E-state index in [1.54, 1.807) is 38.5 Å². The average Bonchev–Trinajstić information content (AvgIpc) is 3.39. The van der Waals surface area contributed by atoms with Crippen molar-refractivity contribution in [3.05, 3.63) is 83.1 Å². The second-order valence-corrected chi connectivity index (χ2v) is 8.85. The lowest BCUT2D eigenvalue weighted by Gasteiger charge is -2.38. The van der Waals surface area contributed by atoms with E-state index in [2.05, 4.69) is 4.57 Å². The lowest BCUT2D eigenvalue weighted by molar-refractivity contribution is -0.143. The predicted molar refractivity (Wildman–Crippen MR) is 136 cm³/mol. The average molecular weight is 512 g/mol. The Morgan fingerprint density at radius 1 is 1.03 bits per heavy atom. The first-order valence-electron chi connectivity index (χ1n) is 11.7. The molecule has 2 aromatic carbocycles. The highest BCUT2D eigenvalue weighted by Gasteiger charge is 2.35. The fraction of sp³-hybridized carbons (Fsp3) is 0.333. The van der Waals surface area contributed by atoms with Crippen LogP contribution in [0.2, 0.25) is 5.02 Å². The minimum atomic E-state index is -0.331. The number of fused-ring (bicyclic) bond motifs is 1. The molecular weight excluding hydrogens is 482 g/mol. The van der Waals surface area contributed by atoms with Crippen molar-refractivity contribution in [2.24, 2.45) is 0 Å². The van der Waals surface area contributed by atoms with Crippen LogP contribution in [0.1, 0.15) is 17.3 Å². The Kier molecular flexibility index (Phi) is 8.51. The highest BCUT2D eigenvalue weighted by atomic mass is 35.5. The molecule has 36 heavy (non-hydrogen) atoms. The van der Waals surface area contributed by atoms with Crippen LogP contribution in [0.3, 0.4) is 0 Å². The summed E-state index contributed by atoms with van der Waals surface area (Å²) in [5, 5.41) is 0.582. The zero-order chi connectivity index (χ0) is 25.5. The highest BCUT2D eigenvalue weighted by Crippen LogP contribution is 2.37. The van der Waals surface area contributed by atoms with Crippen LogP contribution < -0.4 is 9.47 Å². The normalized spacial score (nSPS) is 14.8. The summed E-state index contributed by atoms with van der Waals surface area (Å²) in [6.07, 6.45) is 2.02. The van der Waals surface area contributed by atoms with E-state index in [1.807, 2.05) is 47.5 Å². The Hall–Kier alpha value is -3.49. The minimum Gasteiger partial charge on any atom is -0.496 e. The largest absolute Gasteiger partial charge is 0.496 e. The molecule has 0 bridgehead atoms. The number of aromatic nitrogens is 1. The minimum absolute atomic E-state index is 0.0848. The van der Waals surface area contributed by atoms with Gasteiger partial charge in [0.25, 0.3) is 5.91 Å². The van der Waals surface area contributed by atoms with Gasteiger partial charge in [-0.05, 0) is 42.5 Å². The van der Waals surface area contributed by atoms with Gasteiger partial charge in [-0.15, -0.1) is 0 Å². The van der Waals surface area contributed by atoms with Crippen molar-refractivity contribution in [2.45, 2.75) is 12.6 Å². The van der Waals surface area contributed by atoms with Crippen molar-refractivity contribution in [3.8, 4) is 11.5 Å². The topological polar surface area (TPSA) is 73.2 Å². The van der Waals surface area contributed by atoms with Crippen molar-refractivity contribution in [1.82, 2.24) is 14.4 Å². The van der Waals surface area contributed by atoms with Crippen LogP contribution in [-0.4, -0.2) is 73.2 Å². The highest BCUT2D eigenvalue weighted by molar-refractivity contribution is 6.30. The molecule has 4 rings (SSSR count). The van der Waals surface area contributed by atoms with Crippen LogP contribution in [0.5, 0.6) is 11.5 Å². The van der Waals surface area contributed by atoms with Crippen LogP contribution in [0.4, 0.5) is 0 Å². The first-order valence-corrected chi connectivity index (χ1v) is 12.1. The monoisotopic (exact) mass is 511 g/mol. The van der Waals surface area contributed by atoms with Crippen LogP contribution in [0, 0.1) is 0 Å². The summed E-state index contributed by atoms with van der Waals surface area (Å²) in [5.74, 6) is 0.774. The van der Waals surface area contributed by atoms with Gasteiger partial charge < -0.3 is 28.6 Å². The number of amides is 2. The van der Waals surface area contributed by atoms with Gasteiger partial charge in [0.1, 0.15) is 17.5 Å². The molecule has 0 fully saturated rings. The number of ether oxygens (including phenoxy) is 3. The van der Waals surface area contributed by atoms with E-state index in [1.165, 1.54) is 4.90 Å². The number of carbonyl (C=O) groups excluding carboxylic acids is 2. The second kappa shape index (κ2) is 12.0. The lowest BCUT2D eigenvalue weighted by Crippen LogP contribution is -2.49. The van der Waals surface area contributed by atoms with E-state index in [0.29, 0.717) is 36.2 Å². The number of methoxy groups -OCH3 is 2. The van der Waals surface area contributed by atoms with Crippen LogP contribution in [0.25, 0.3) is 0 Å². The maximum absolute atomic E-state index is 13.7. The Morgan fingerprint density at radius 3 is 2.56 bits per heavy atom. The molecule has 0 saturated carbocycles. The molecule has 1 aromatic heterocycles. The van der Waals surface area contributed by atoms with Gasteiger partial charge in [0.05, 0.1) is 20.3 Å². The zero-order valence-corrected chi connectivity index (χ0v) is 21.2. The predicted octanol–water partition coefficient (Wildman–Crippen LogP) is 3.64. The van der Waals surface area contributed by atoms with Gasteiger partial charge in [-0.2, -0.15) is 0 Å². The third kappa shape index (κ3) is 5.83. The molecular formula is C27H30ClN3O5. The third-order valence-corrected chi connectivity index (χ3v) is 6.46.